The monoisotopic (exact) mass is 253 g/mol. The van der Waals surface area contributed by atoms with E-state index in [0.29, 0.717) is 5.92 Å². The van der Waals surface area contributed by atoms with Crippen molar-refractivity contribution < 1.29 is 14.4 Å². The minimum absolute atomic E-state index is 0.0302. The van der Waals surface area contributed by atoms with Gasteiger partial charge in [-0.15, -0.1) is 0 Å². The number of carbonyl (C=O) groups excluding carboxylic acids is 1. The molecule has 0 unspecified atom stereocenters. The van der Waals surface area contributed by atoms with Crippen LogP contribution >= 0.6 is 0 Å². The molecule has 4 heteroatoms. The van der Waals surface area contributed by atoms with Crippen molar-refractivity contribution in [1.82, 2.24) is 0 Å². The summed E-state index contributed by atoms with van der Waals surface area (Å²) in [6.45, 7) is 7.77. The van der Waals surface area contributed by atoms with Gasteiger partial charge >= 0.3 is 5.97 Å². The minimum Gasteiger partial charge on any atom is -0.462 e. The molecule has 2 aliphatic rings. The Morgan fingerprint density at radius 2 is 2.22 bits per heavy atom. The van der Waals surface area contributed by atoms with E-state index in [-0.39, 0.29) is 23.6 Å². The highest BCUT2D eigenvalue weighted by atomic mass is 16.7. The zero-order chi connectivity index (χ0) is 13.3. The van der Waals surface area contributed by atoms with Crippen LogP contribution in [0.5, 0.6) is 0 Å². The lowest BCUT2D eigenvalue weighted by Crippen LogP contribution is -2.46. The predicted octanol–water partition coefficient (Wildman–Crippen LogP) is 2.91. The Kier molecular flexibility index (Phi) is 3.64. The summed E-state index contributed by atoms with van der Waals surface area (Å²) >= 11 is 0. The number of oxime groups is 1. The van der Waals surface area contributed by atoms with E-state index in [9.17, 15) is 4.79 Å². The van der Waals surface area contributed by atoms with E-state index < -0.39 is 0 Å². The number of carbonyl (C=O) groups is 1. The molecule has 102 valence electrons. The van der Waals surface area contributed by atoms with Gasteiger partial charge in [-0.25, -0.2) is 0 Å². The van der Waals surface area contributed by atoms with E-state index >= 15 is 0 Å². The molecule has 4 nitrogen and oxygen atoms in total. The van der Waals surface area contributed by atoms with Gasteiger partial charge in [-0.1, -0.05) is 18.5 Å². The third-order valence-corrected chi connectivity index (χ3v) is 4.17. The first-order valence-corrected chi connectivity index (χ1v) is 6.79. The summed E-state index contributed by atoms with van der Waals surface area (Å²) in [7, 11) is 0. The molecule has 0 aromatic rings. The third kappa shape index (κ3) is 2.68. The molecule has 0 spiro atoms. The molecule has 1 saturated carbocycles. The number of hydrogen-bond acceptors (Lipinski definition) is 4. The van der Waals surface area contributed by atoms with Crippen LogP contribution in [0.3, 0.4) is 0 Å². The highest BCUT2D eigenvalue weighted by Crippen LogP contribution is 2.43. The van der Waals surface area contributed by atoms with Gasteiger partial charge in [0.15, 0.2) is 0 Å². The largest absolute Gasteiger partial charge is 0.462 e. The second-order valence-corrected chi connectivity index (χ2v) is 6.08. The van der Waals surface area contributed by atoms with Crippen LogP contribution in [0.2, 0.25) is 0 Å². The van der Waals surface area contributed by atoms with Gasteiger partial charge in [0.2, 0.25) is 0 Å². The molecule has 1 heterocycles. The van der Waals surface area contributed by atoms with E-state index in [1.165, 1.54) is 13.3 Å². The number of nitrogens with zero attached hydrogens (tertiary/aromatic N) is 1. The zero-order valence-corrected chi connectivity index (χ0v) is 11.7. The lowest BCUT2D eigenvalue weighted by Gasteiger charge is -2.41. The summed E-state index contributed by atoms with van der Waals surface area (Å²) in [4.78, 5) is 16.9. The van der Waals surface area contributed by atoms with Crippen molar-refractivity contribution in [3.05, 3.63) is 0 Å². The summed E-state index contributed by atoms with van der Waals surface area (Å²) in [6.07, 6.45) is 3.95. The summed E-state index contributed by atoms with van der Waals surface area (Å²) in [5, 5.41) is 4.07. The molecular formula is C14H23NO3. The molecular weight excluding hydrogens is 230 g/mol. The van der Waals surface area contributed by atoms with E-state index in [1.54, 1.807) is 0 Å². The van der Waals surface area contributed by atoms with Crippen LogP contribution in [0, 0.1) is 11.8 Å². The summed E-state index contributed by atoms with van der Waals surface area (Å²) in [5.74, 6) is 0.662. The van der Waals surface area contributed by atoms with Crippen LogP contribution in [0.1, 0.15) is 53.4 Å². The molecule has 0 aromatic carbocycles. The summed E-state index contributed by atoms with van der Waals surface area (Å²) < 4.78 is 5.52. The van der Waals surface area contributed by atoms with E-state index in [4.69, 9.17) is 9.57 Å². The van der Waals surface area contributed by atoms with Crippen LogP contribution in [-0.4, -0.2) is 23.4 Å². The van der Waals surface area contributed by atoms with E-state index in [2.05, 4.69) is 19.0 Å². The van der Waals surface area contributed by atoms with Gasteiger partial charge < -0.3 is 9.57 Å². The van der Waals surface area contributed by atoms with Crippen LogP contribution in [-0.2, 0) is 14.4 Å². The van der Waals surface area contributed by atoms with Crippen molar-refractivity contribution in [2.24, 2.45) is 17.0 Å². The number of ether oxygens (including phenoxy) is 1. The lowest BCUT2D eigenvalue weighted by molar-refractivity contribution is -0.164. The van der Waals surface area contributed by atoms with Crippen LogP contribution in [0.4, 0.5) is 0 Å². The topological polar surface area (TPSA) is 47.9 Å². The molecule has 1 aliphatic heterocycles. The Balaban J connectivity index is 2.11. The molecule has 2 rings (SSSR count). The van der Waals surface area contributed by atoms with E-state index in [1.807, 2.05) is 6.92 Å². The van der Waals surface area contributed by atoms with Gasteiger partial charge in [0.05, 0.1) is 5.71 Å². The van der Waals surface area contributed by atoms with Crippen molar-refractivity contribution in [3.8, 4) is 0 Å². The maximum atomic E-state index is 11.3. The first kappa shape index (κ1) is 13.4. The molecule has 18 heavy (non-hydrogen) atoms. The van der Waals surface area contributed by atoms with Crippen LogP contribution in [0.15, 0.2) is 5.16 Å². The third-order valence-electron chi connectivity index (χ3n) is 4.17. The van der Waals surface area contributed by atoms with Crippen molar-refractivity contribution in [3.63, 3.8) is 0 Å². The average Bonchev–Trinajstić information content (AvgIpc) is 2.58. The normalized spacial score (nSPS) is 40.0. The Morgan fingerprint density at radius 3 is 2.78 bits per heavy atom. The molecule has 0 amide bonds. The lowest BCUT2D eigenvalue weighted by atomic mass is 9.71. The predicted molar refractivity (Wildman–Crippen MR) is 69.3 cm³/mol. The molecule has 0 radical (unpaired) electrons. The van der Waals surface area contributed by atoms with Gasteiger partial charge in [0, 0.05) is 19.3 Å². The van der Waals surface area contributed by atoms with Crippen molar-refractivity contribution in [1.29, 1.82) is 0 Å². The Hall–Kier alpha value is -1.06. The van der Waals surface area contributed by atoms with Crippen LogP contribution < -0.4 is 0 Å². The zero-order valence-electron chi connectivity index (χ0n) is 11.7. The number of esters is 1. The van der Waals surface area contributed by atoms with Gasteiger partial charge in [-0.2, -0.15) is 0 Å². The number of rotatable bonds is 2. The first-order valence-electron chi connectivity index (χ1n) is 6.79. The maximum Gasteiger partial charge on any atom is 0.302 e. The highest BCUT2D eigenvalue weighted by molar-refractivity contribution is 5.83. The molecule has 1 aliphatic carbocycles. The SMILES string of the molecule is CC(=O)O[C@@H]1C[C@H](C)CC[C@H]1[C@@]1(C)CC(C)=NO1. The first-order chi connectivity index (χ1) is 8.40. The molecule has 0 saturated heterocycles. The highest BCUT2D eigenvalue weighted by Gasteiger charge is 2.47. The Morgan fingerprint density at radius 1 is 1.50 bits per heavy atom. The fourth-order valence-corrected chi connectivity index (χ4v) is 3.32. The molecule has 0 bridgehead atoms. The summed E-state index contributed by atoms with van der Waals surface area (Å²) in [6, 6.07) is 0. The van der Waals surface area contributed by atoms with Gasteiger partial charge in [0.25, 0.3) is 0 Å². The van der Waals surface area contributed by atoms with Crippen LogP contribution in [0.25, 0.3) is 0 Å². The minimum atomic E-state index is -0.301. The average molecular weight is 253 g/mol. The van der Waals surface area contributed by atoms with E-state index in [0.717, 1.165) is 25.0 Å². The van der Waals surface area contributed by atoms with Gasteiger partial charge in [0.1, 0.15) is 11.7 Å². The van der Waals surface area contributed by atoms with Crippen molar-refractivity contribution in [2.45, 2.75) is 65.1 Å². The maximum absolute atomic E-state index is 11.3. The van der Waals surface area contributed by atoms with Gasteiger partial charge in [-0.3, -0.25) is 4.79 Å². The fourth-order valence-electron chi connectivity index (χ4n) is 3.32. The summed E-state index contributed by atoms with van der Waals surface area (Å²) in [5.41, 5.74) is 0.724. The van der Waals surface area contributed by atoms with Crippen molar-refractivity contribution in [2.75, 3.05) is 0 Å². The standard InChI is InChI=1S/C14H23NO3/c1-9-5-6-12(13(7-9)17-11(3)16)14(4)8-10(2)15-18-14/h9,12-13H,5-8H2,1-4H3/t9-,12-,13-,14-/m1/s1. The molecule has 4 atom stereocenters. The molecule has 1 fully saturated rings. The smallest absolute Gasteiger partial charge is 0.302 e. The Labute approximate surface area is 109 Å². The number of hydrogen-bond donors (Lipinski definition) is 0. The fraction of sp³-hybridized carbons (Fsp3) is 0.857. The second kappa shape index (κ2) is 4.90. The molecule has 0 aromatic heterocycles. The van der Waals surface area contributed by atoms with Crippen molar-refractivity contribution >= 4 is 11.7 Å². The Bertz CT molecular complexity index is 366. The van der Waals surface area contributed by atoms with Gasteiger partial charge in [-0.05, 0) is 32.6 Å². The molecule has 0 N–H and O–H groups in total. The quantitative estimate of drug-likeness (QED) is 0.711. The second-order valence-electron chi connectivity index (χ2n) is 6.08.